The average Bonchev–Trinajstić information content (AvgIpc) is 2.76. The Labute approximate surface area is 96.6 Å². The van der Waals surface area contributed by atoms with Crippen molar-refractivity contribution in [1.29, 1.82) is 0 Å². The first kappa shape index (κ1) is 11.1. The van der Waals surface area contributed by atoms with E-state index in [9.17, 15) is 4.79 Å². The Morgan fingerprint density at radius 1 is 1.47 bits per heavy atom. The number of tetrazole rings is 1. The van der Waals surface area contributed by atoms with E-state index < -0.39 is 5.97 Å². The molecule has 1 aromatic heterocycles. The van der Waals surface area contributed by atoms with Gasteiger partial charge in [-0.05, 0) is 22.6 Å². The van der Waals surface area contributed by atoms with Gasteiger partial charge in [0.15, 0.2) is 5.82 Å². The maximum Gasteiger partial charge on any atom is 0.311 e. The first-order chi connectivity index (χ1) is 8.22. The number of benzene rings is 1. The highest BCUT2D eigenvalue weighted by Crippen LogP contribution is 2.21. The molecule has 0 aliphatic rings. The second kappa shape index (κ2) is 4.60. The molecule has 0 fully saturated rings. The minimum atomic E-state index is -0.990. The van der Waals surface area contributed by atoms with Crippen LogP contribution in [0.5, 0.6) is 5.75 Å². The highest BCUT2D eigenvalue weighted by Gasteiger charge is 2.14. The quantitative estimate of drug-likeness (QED) is 0.818. The van der Waals surface area contributed by atoms with Crippen LogP contribution in [0.4, 0.5) is 0 Å². The Kier molecular flexibility index (Phi) is 2.99. The summed E-state index contributed by atoms with van der Waals surface area (Å²) < 4.78 is 6.52. The highest BCUT2D eigenvalue weighted by molar-refractivity contribution is 5.69. The van der Waals surface area contributed by atoms with E-state index in [0.29, 0.717) is 11.4 Å². The predicted octanol–water partition coefficient (Wildman–Crippen LogP) is 0.298. The zero-order valence-electron chi connectivity index (χ0n) is 9.07. The topological polar surface area (TPSA) is 90.1 Å². The molecule has 1 aromatic carbocycles. The molecular weight excluding hydrogens is 224 g/mol. The monoisotopic (exact) mass is 234 g/mol. The summed E-state index contributed by atoms with van der Waals surface area (Å²) in [4.78, 5) is 10.7. The third-order valence-electron chi connectivity index (χ3n) is 2.16. The van der Waals surface area contributed by atoms with Crippen LogP contribution < -0.4 is 4.74 Å². The fourth-order valence-electron chi connectivity index (χ4n) is 1.44. The van der Waals surface area contributed by atoms with Gasteiger partial charge in [0.05, 0.1) is 7.11 Å². The van der Waals surface area contributed by atoms with Crippen molar-refractivity contribution < 1.29 is 14.6 Å². The fourth-order valence-corrected chi connectivity index (χ4v) is 1.44. The molecule has 0 aliphatic heterocycles. The van der Waals surface area contributed by atoms with Gasteiger partial charge in [-0.2, -0.15) is 4.68 Å². The largest absolute Gasteiger partial charge is 0.494 e. The summed E-state index contributed by atoms with van der Waals surface area (Å²) in [5.74, 6) is -0.163. The van der Waals surface area contributed by atoms with Gasteiger partial charge in [0.2, 0.25) is 0 Å². The third-order valence-corrected chi connectivity index (χ3v) is 2.16. The van der Waals surface area contributed by atoms with Gasteiger partial charge in [0.25, 0.3) is 0 Å². The second-order valence-corrected chi connectivity index (χ2v) is 3.25. The van der Waals surface area contributed by atoms with Crippen LogP contribution in [0.3, 0.4) is 0 Å². The van der Waals surface area contributed by atoms with Crippen molar-refractivity contribution in [3.05, 3.63) is 30.1 Å². The van der Waals surface area contributed by atoms with Gasteiger partial charge < -0.3 is 9.84 Å². The van der Waals surface area contributed by atoms with E-state index in [4.69, 9.17) is 9.84 Å². The first-order valence-electron chi connectivity index (χ1n) is 4.85. The van der Waals surface area contributed by atoms with Crippen LogP contribution in [-0.2, 0) is 11.2 Å². The number of carboxylic acid groups (broad SMARTS) is 1. The Bertz CT molecular complexity index is 538. The Hall–Kier alpha value is -2.44. The number of hydrogen-bond donors (Lipinski definition) is 1. The normalized spacial score (nSPS) is 10.2. The zero-order valence-corrected chi connectivity index (χ0v) is 9.07. The van der Waals surface area contributed by atoms with Crippen LogP contribution in [0.15, 0.2) is 24.3 Å². The molecule has 7 heteroatoms. The molecule has 7 nitrogen and oxygen atoms in total. The van der Waals surface area contributed by atoms with E-state index >= 15 is 0 Å². The Morgan fingerprint density at radius 3 is 2.94 bits per heavy atom. The number of rotatable bonds is 4. The molecule has 0 bridgehead atoms. The molecule has 0 saturated carbocycles. The number of carbonyl (C=O) groups is 1. The fraction of sp³-hybridized carbons (Fsp3) is 0.200. The molecule has 0 radical (unpaired) electrons. The van der Waals surface area contributed by atoms with Crippen molar-refractivity contribution in [2.75, 3.05) is 7.11 Å². The Morgan fingerprint density at radius 2 is 2.24 bits per heavy atom. The van der Waals surface area contributed by atoms with E-state index in [1.165, 1.54) is 11.8 Å². The van der Waals surface area contributed by atoms with Crippen LogP contribution in [0, 0.1) is 0 Å². The molecule has 88 valence electrons. The average molecular weight is 234 g/mol. The third kappa shape index (κ3) is 2.22. The molecule has 0 spiro atoms. The van der Waals surface area contributed by atoms with E-state index in [2.05, 4.69) is 15.5 Å². The summed E-state index contributed by atoms with van der Waals surface area (Å²) >= 11 is 0. The number of nitrogens with zero attached hydrogens (tertiary/aromatic N) is 4. The second-order valence-electron chi connectivity index (χ2n) is 3.25. The van der Waals surface area contributed by atoms with Gasteiger partial charge in [-0.15, -0.1) is 5.10 Å². The van der Waals surface area contributed by atoms with E-state index in [1.807, 2.05) is 6.07 Å². The van der Waals surface area contributed by atoms with E-state index in [1.54, 1.807) is 18.2 Å². The standard InChI is InChI=1S/C10H10N4O3/c1-17-8-5-3-2-4-7(8)14-9(6-10(15)16)11-12-13-14/h2-5H,6H2,1H3,(H,15,16). The number of aromatic nitrogens is 4. The lowest BCUT2D eigenvalue weighted by molar-refractivity contribution is -0.136. The molecule has 0 unspecified atom stereocenters. The number of hydrogen-bond acceptors (Lipinski definition) is 5. The number of aliphatic carboxylic acids is 1. The summed E-state index contributed by atoms with van der Waals surface area (Å²) in [5.41, 5.74) is 0.608. The van der Waals surface area contributed by atoms with Crippen molar-refractivity contribution in [1.82, 2.24) is 20.2 Å². The highest BCUT2D eigenvalue weighted by atomic mass is 16.5. The molecule has 0 saturated heterocycles. The SMILES string of the molecule is COc1ccccc1-n1nnnc1CC(=O)O. The van der Waals surface area contributed by atoms with Crippen molar-refractivity contribution in [3.8, 4) is 11.4 Å². The maximum atomic E-state index is 10.7. The lowest BCUT2D eigenvalue weighted by Crippen LogP contribution is -2.09. The molecule has 0 atom stereocenters. The van der Waals surface area contributed by atoms with E-state index in [0.717, 1.165) is 0 Å². The number of ether oxygens (including phenoxy) is 1. The lowest BCUT2D eigenvalue weighted by Gasteiger charge is -2.08. The van der Waals surface area contributed by atoms with Crippen molar-refractivity contribution in [3.63, 3.8) is 0 Å². The predicted molar refractivity (Wildman–Crippen MR) is 57.0 cm³/mol. The van der Waals surface area contributed by atoms with E-state index in [-0.39, 0.29) is 12.2 Å². The number of carboxylic acids is 1. The van der Waals surface area contributed by atoms with Crippen LogP contribution >= 0.6 is 0 Å². The molecule has 17 heavy (non-hydrogen) atoms. The van der Waals surface area contributed by atoms with Gasteiger partial charge in [-0.1, -0.05) is 12.1 Å². The molecule has 2 rings (SSSR count). The summed E-state index contributed by atoms with van der Waals surface area (Å²) in [7, 11) is 1.53. The van der Waals surface area contributed by atoms with Crippen LogP contribution in [0.25, 0.3) is 5.69 Å². The van der Waals surface area contributed by atoms with Gasteiger partial charge in [0.1, 0.15) is 17.9 Å². The first-order valence-corrected chi connectivity index (χ1v) is 4.85. The Balaban J connectivity index is 2.46. The molecule has 1 heterocycles. The van der Waals surface area contributed by atoms with Crippen molar-refractivity contribution in [2.24, 2.45) is 0 Å². The van der Waals surface area contributed by atoms with Gasteiger partial charge in [-0.25, -0.2) is 0 Å². The molecular formula is C10H10N4O3. The van der Waals surface area contributed by atoms with Crippen molar-refractivity contribution >= 4 is 5.97 Å². The van der Waals surface area contributed by atoms with Crippen molar-refractivity contribution in [2.45, 2.75) is 6.42 Å². The minimum absolute atomic E-state index is 0.245. The number of para-hydroxylation sites is 2. The zero-order chi connectivity index (χ0) is 12.3. The summed E-state index contributed by atoms with van der Waals surface area (Å²) in [5, 5.41) is 19.6. The maximum absolute atomic E-state index is 10.7. The van der Waals surface area contributed by atoms with Gasteiger partial charge in [0, 0.05) is 0 Å². The number of methoxy groups -OCH3 is 1. The molecule has 0 amide bonds. The lowest BCUT2D eigenvalue weighted by atomic mass is 10.3. The van der Waals surface area contributed by atoms with Gasteiger partial charge >= 0.3 is 5.97 Å². The molecule has 2 aromatic rings. The summed E-state index contributed by atoms with van der Waals surface area (Å²) in [6, 6.07) is 7.11. The van der Waals surface area contributed by atoms with Crippen LogP contribution in [0.2, 0.25) is 0 Å². The van der Waals surface area contributed by atoms with Crippen LogP contribution in [-0.4, -0.2) is 38.4 Å². The minimum Gasteiger partial charge on any atom is -0.494 e. The smallest absolute Gasteiger partial charge is 0.311 e. The summed E-state index contributed by atoms with van der Waals surface area (Å²) in [6.07, 6.45) is -0.245. The summed E-state index contributed by atoms with van der Waals surface area (Å²) in [6.45, 7) is 0. The molecule has 1 N–H and O–H groups in total. The van der Waals surface area contributed by atoms with Gasteiger partial charge in [-0.3, -0.25) is 4.79 Å². The van der Waals surface area contributed by atoms with Crippen LogP contribution in [0.1, 0.15) is 5.82 Å². The molecule has 0 aliphatic carbocycles.